The minimum absolute atomic E-state index is 0. The molecule has 0 spiro atoms. The molecule has 6 aromatic rings. The van der Waals surface area contributed by atoms with E-state index in [1.807, 2.05) is 12.1 Å². The number of nitrogens with zero attached hydrogens (tertiary/aromatic N) is 6. The third-order valence-electron chi connectivity index (χ3n) is 7.65. The zero-order valence-corrected chi connectivity index (χ0v) is 34.4. The molecule has 0 saturated carbocycles. The van der Waals surface area contributed by atoms with Gasteiger partial charge in [0.1, 0.15) is 15.5 Å². The van der Waals surface area contributed by atoms with Crippen molar-refractivity contribution < 1.29 is 95.3 Å². The molecule has 15 nitrogen and oxygen atoms in total. The summed E-state index contributed by atoms with van der Waals surface area (Å²) in [6.45, 7) is 1.70. The van der Waals surface area contributed by atoms with Crippen molar-refractivity contribution >= 4 is 70.8 Å². The van der Waals surface area contributed by atoms with Crippen LogP contribution in [0.2, 0.25) is 0 Å². The number of anilines is 1. The smallest absolute Gasteiger partial charge is 0.872 e. The standard InChI is InChI=1S/C35H27N7O8S2.2Na/c1-20-17-27(15-16-28(20)43)40-37-25-11-7-21(8-12-25)22-9-13-26(14-10-22)39-41-33-29(51(45,46)47)18-23-19-30(52(48,49)50)34(35(44)31(23)32(33)36)42-38-24-5-3-2-4-6-24;;/h2-19,43-44H,36H2,1H3,(H,45,46,47)(H,48,49,50);;/q;2*+1/p-2. The van der Waals surface area contributed by atoms with Gasteiger partial charge in [-0.1, -0.05) is 59.8 Å². The van der Waals surface area contributed by atoms with Gasteiger partial charge in [-0.2, -0.15) is 37.3 Å². The summed E-state index contributed by atoms with van der Waals surface area (Å²) < 4.78 is 69.2. The number of azo groups is 3. The molecular weight excluding hydrogens is 757 g/mol. The number of rotatable bonds is 9. The summed E-state index contributed by atoms with van der Waals surface area (Å²) in [5.74, 6) is -1.18. The molecule has 19 heteroatoms. The van der Waals surface area contributed by atoms with Crippen molar-refractivity contribution in [3.05, 3.63) is 115 Å². The van der Waals surface area contributed by atoms with Crippen LogP contribution in [-0.2, 0) is 20.2 Å². The zero-order valence-electron chi connectivity index (χ0n) is 28.8. The second-order valence-electron chi connectivity index (χ2n) is 11.2. The van der Waals surface area contributed by atoms with Crippen LogP contribution >= 0.6 is 0 Å². The van der Waals surface area contributed by atoms with Gasteiger partial charge < -0.3 is 15.9 Å². The second kappa shape index (κ2) is 17.4. The third-order valence-corrected chi connectivity index (χ3v) is 9.38. The van der Waals surface area contributed by atoms with Crippen LogP contribution in [0.4, 0.5) is 39.8 Å². The van der Waals surface area contributed by atoms with E-state index in [9.17, 15) is 36.2 Å². The van der Waals surface area contributed by atoms with E-state index < -0.39 is 58.2 Å². The average Bonchev–Trinajstić information content (AvgIpc) is 3.11. The summed E-state index contributed by atoms with van der Waals surface area (Å²) >= 11 is 0. The summed E-state index contributed by atoms with van der Waals surface area (Å²) in [6.07, 6.45) is 0. The van der Waals surface area contributed by atoms with Gasteiger partial charge in [0, 0.05) is 5.39 Å². The van der Waals surface area contributed by atoms with E-state index in [1.165, 1.54) is 18.2 Å². The molecule has 0 heterocycles. The van der Waals surface area contributed by atoms with Crippen LogP contribution in [0.5, 0.6) is 11.5 Å². The molecule has 6 rings (SSSR count). The number of aryl methyl sites for hydroxylation is 1. The van der Waals surface area contributed by atoms with Gasteiger partial charge >= 0.3 is 59.1 Å². The summed E-state index contributed by atoms with van der Waals surface area (Å²) in [7, 11) is -10.1. The number of hydrogen-bond acceptors (Lipinski definition) is 13. The van der Waals surface area contributed by atoms with Crippen LogP contribution in [0.15, 0.2) is 150 Å². The van der Waals surface area contributed by atoms with Gasteiger partial charge in [0.15, 0.2) is 0 Å². The van der Waals surface area contributed by atoms with Crippen molar-refractivity contribution in [1.82, 2.24) is 0 Å². The van der Waals surface area contributed by atoms with E-state index in [0.717, 1.165) is 23.3 Å². The van der Waals surface area contributed by atoms with E-state index in [2.05, 4.69) is 30.7 Å². The Bertz CT molecular complexity index is 2660. The number of hydrogen-bond donors (Lipinski definition) is 3. The molecule has 0 bridgehead atoms. The van der Waals surface area contributed by atoms with Gasteiger partial charge in [-0.25, -0.2) is 0 Å². The predicted octanol–water partition coefficient (Wildman–Crippen LogP) is 2.29. The molecular formula is C35H25N7Na2O8S2. The maximum Gasteiger partial charge on any atom is 1.00 e. The molecule has 0 unspecified atom stereocenters. The van der Waals surface area contributed by atoms with E-state index >= 15 is 0 Å². The Labute approximate surface area is 353 Å². The molecule has 6 aromatic carbocycles. The van der Waals surface area contributed by atoms with E-state index in [1.54, 1.807) is 73.7 Å². The Hall–Kier alpha value is -4.40. The van der Waals surface area contributed by atoms with Gasteiger partial charge in [0.25, 0.3) is 20.2 Å². The largest absolute Gasteiger partial charge is 1.00 e. The Morgan fingerprint density at radius 3 is 1.48 bits per heavy atom. The average molecular weight is 782 g/mol. The van der Waals surface area contributed by atoms with Gasteiger partial charge in [0.2, 0.25) is 0 Å². The first-order chi connectivity index (χ1) is 24.7. The van der Waals surface area contributed by atoms with Crippen molar-refractivity contribution in [2.45, 2.75) is 16.7 Å². The van der Waals surface area contributed by atoms with Crippen molar-refractivity contribution in [2.24, 2.45) is 30.7 Å². The van der Waals surface area contributed by atoms with Crippen LogP contribution in [0.1, 0.15) is 5.56 Å². The molecule has 0 amide bonds. The Morgan fingerprint density at radius 1 is 0.556 bits per heavy atom. The predicted molar refractivity (Wildman–Crippen MR) is 189 cm³/mol. The second-order valence-corrected chi connectivity index (χ2v) is 14.0. The Kier molecular flexibility index (Phi) is 13.6. The molecule has 0 atom stereocenters. The maximum atomic E-state index is 13.6. The van der Waals surface area contributed by atoms with Crippen LogP contribution < -0.4 is 75.1 Å². The van der Waals surface area contributed by atoms with Crippen molar-refractivity contribution in [3.63, 3.8) is 0 Å². The fourth-order valence-electron chi connectivity index (χ4n) is 5.05. The van der Waals surface area contributed by atoms with E-state index in [4.69, 9.17) is 5.73 Å². The summed E-state index contributed by atoms with van der Waals surface area (Å²) in [6, 6.07) is 28.1. The first-order valence-electron chi connectivity index (χ1n) is 15.0. The fourth-order valence-corrected chi connectivity index (χ4v) is 6.37. The molecule has 4 N–H and O–H groups in total. The normalized spacial score (nSPS) is 12.0. The van der Waals surface area contributed by atoms with E-state index in [-0.39, 0.29) is 81.6 Å². The molecule has 0 aliphatic heterocycles. The molecule has 0 radical (unpaired) electrons. The zero-order chi connectivity index (χ0) is 37.2. The SMILES string of the molecule is Cc1cc(N=Nc2ccc(-c3ccc(N=Nc4c(S(=O)(=O)O)cc5cc(S(=O)(=O)O)c(N=Nc6ccccc6)c([O-])c5c4N)cc3)cc2)ccc1[O-].[Na+].[Na+]. The third kappa shape index (κ3) is 9.63. The van der Waals surface area contributed by atoms with Gasteiger partial charge in [0.05, 0.1) is 34.1 Å². The Morgan fingerprint density at radius 2 is 0.981 bits per heavy atom. The summed E-state index contributed by atoms with van der Waals surface area (Å²) in [5.41, 5.74) is 8.15. The van der Waals surface area contributed by atoms with E-state index in [0.29, 0.717) is 16.9 Å². The van der Waals surface area contributed by atoms with Gasteiger partial charge in [-0.15, -0.1) is 16.0 Å². The number of benzene rings is 6. The minimum Gasteiger partial charge on any atom is -0.872 e. The molecule has 0 aromatic heterocycles. The van der Waals surface area contributed by atoms with Crippen LogP contribution in [-0.4, -0.2) is 25.9 Å². The quantitative estimate of drug-likeness (QED) is 0.0841. The number of nitrogen functional groups attached to an aromatic ring is 1. The number of fused-ring (bicyclic) bond motifs is 1. The van der Waals surface area contributed by atoms with Crippen LogP contribution in [0, 0.1) is 6.92 Å². The molecule has 262 valence electrons. The molecule has 54 heavy (non-hydrogen) atoms. The molecule has 0 saturated heterocycles. The van der Waals surface area contributed by atoms with Gasteiger partial charge in [-0.05, 0) is 84.1 Å². The molecule has 0 fully saturated rings. The number of nitrogens with two attached hydrogens (primary N) is 1. The van der Waals surface area contributed by atoms with Gasteiger partial charge in [-0.3, -0.25) is 9.11 Å². The van der Waals surface area contributed by atoms with Crippen LogP contribution in [0.25, 0.3) is 21.9 Å². The minimum atomic E-state index is -5.08. The first-order valence-corrected chi connectivity index (χ1v) is 17.9. The fraction of sp³-hybridized carbons (Fsp3) is 0.0286. The molecule has 0 aliphatic carbocycles. The topological polar surface area (TPSA) is 255 Å². The van der Waals surface area contributed by atoms with Crippen molar-refractivity contribution in [1.29, 1.82) is 0 Å². The Balaban J connectivity index is 0.00000325. The molecule has 0 aliphatic rings. The van der Waals surface area contributed by atoms with Crippen molar-refractivity contribution in [3.8, 4) is 22.6 Å². The summed E-state index contributed by atoms with van der Waals surface area (Å²) in [5, 5.41) is 48.5. The maximum absolute atomic E-state index is 13.6. The van der Waals surface area contributed by atoms with Crippen LogP contribution in [0.3, 0.4) is 0 Å². The van der Waals surface area contributed by atoms with Crippen molar-refractivity contribution in [2.75, 3.05) is 5.73 Å². The first kappa shape index (κ1) is 42.3. The monoisotopic (exact) mass is 781 g/mol. The summed E-state index contributed by atoms with van der Waals surface area (Å²) in [4.78, 5) is -1.83.